The van der Waals surface area contributed by atoms with E-state index in [1.807, 2.05) is 0 Å². The first kappa shape index (κ1) is 18.7. The number of carbonyl (C=O) groups is 3. The van der Waals surface area contributed by atoms with Gasteiger partial charge in [-0.15, -0.1) is 11.3 Å². The molecule has 7 nitrogen and oxygen atoms in total. The topological polar surface area (TPSA) is 130 Å². The van der Waals surface area contributed by atoms with Crippen molar-refractivity contribution in [3.63, 3.8) is 0 Å². The summed E-state index contributed by atoms with van der Waals surface area (Å²) in [5.74, 6) is 2.92. The number of amides is 2. The highest BCUT2D eigenvalue weighted by Gasteiger charge is 2.22. The molecule has 0 bridgehead atoms. The average molecular weight is 338 g/mol. The fraction of sp³-hybridized carbons (Fsp3) is 0.400. The van der Waals surface area contributed by atoms with Crippen LogP contribution in [-0.2, 0) is 9.59 Å². The number of hydrogen-bond donors (Lipinski definition) is 4. The molecule has 1 aromatic heterocycles. The maximum absolute atomic E-state index is 12.0. The first-order valence-corrected chi connectivity index (χ1v) is 7.57. The summed E-state index contributed by atoms with van der Waals surface area (Å²) in [6.07, 6.45) is -0.211. The van der Waals surface area contributed by atoms with Crippen LogP contribution in [0.5, 0.6) is 0 Å². The molecule has 0 aromatic carbocycles. The molecule has 1 aromatic rings. The molecule has 0 spiro atoms. The van der Waals surface area contributed by atoms with Crippen molar-refractivity contribution in [1.29, 1.82) is 0 Å². The molecule has 0 fully saturated rings. The summed E-state index contributed by atoms with van der Waals surface area (Å²) in [6, 6.07) is 1.93. The lowest BCUT2D eigenvalue weighted by Crippen LogP contribution is -2.41. The normalized spacial score (nSPS) is 12.0. The van der Waals surface area contributed by atoms with Crippen LogP contribution in [-0.4, -0.2) is 39.6 Å². The highest BCUT2D eigenvalue weighted by molar-refractivity contribution is 7.14. The lowest BCUT2D eigenvalue weighted by atomic mass is 10.1. The minimum Gasteiger partial charge on any atom is -0.480 e. The molecule has 0 aliphatic rings. The van der Waals surface area contributed by atoms with Gasteiger partial charge in [-0.1, -0.05) is 11.8 Å². The predicted octanol–water partition coefficient (Wildman–Crippen LogP) is 0.319. The Kier molecular flexibility index (Phi) is 6.30. The van der Waals surface area contributed by atoms with Crippen molar-refractivity contribution in [3.8, 4) is 11.8 Å². The van der Waals surface area contributed by atoms with E-state index in [0.717, 1.165) is 11.3 Å². The summed E-state index contributed by atoms with van der Waals surface area (Å²) in [6.45, 7) is 3.08. The monoisotopic (exact) mass is 338 g/mol. The van der Waals surface area contributed by atoms with E-state index < -0.39 is 29.4 Å². The molecule has 0 aliphatic heterocycles. The number of nitrogens with one attached hydrogen (secondary N) is 1. The molecule has 124 valence electrons. The van der Waals surface area contributed by atoms with Gasteiger partial charge >= 0.3 is 5.97 Å². The number of carbonyl (C=O) groups excluding carboxylic acids is 2. The number of carboxylic acid groups (broad SMARTS) is 1. The second-order valence-electron chi connectivity index (χ2n) is 5.34. The Balaban J connectivity index is 2.76. The Hall–Kier alpha value is -2.37. The van der Waals surface area contributed by atoms with Crippen LogP contribution in [0, 0.1) is 11.8 Å². The van der Waals surface area contributed by atoms with Gasteiger partial charge < -0.3 is 21.3 Å². The minimum absolute atomic E-state index is 0.0762. The largest absolute Gasteiger partial charge is 0.480 e. The molecule has 5 N–H and O–H groups in total. The SMILES string of the molecule is CC(C)(O)C#Cc1ccc(C(=O)N[C@H](CCC(N)=O)C(=O)O)s1. The van der Waals surface area contributed by atoms with Gasteiger partial charge in [0.2, 0.25) is 5.91 Å². The second-order valence-corrected chi connectivity index (χ2v) is 6.43. The third kappa shape index (κ3) is 6.95. The maximum atomic E-state index is 12.0. The standard InChI is InChI=1S/C15H18N2O5S/c1-15(2,22)8-7-9-3-5-11(23-9)13(19)17-10(14(20)21)4-6-12(16)18/h3,5,10,22H,4,6H2,1-2H3,(H2,16,18)(H,17,19)(H,20,21)/t10-/m1/s1. The average Bonchev–Trinajstić information content (AvgIpc) is 2.88. The zero-order valence-electron chi connectivity index (χ0n) is 12.8. The fourth-order valence-corrected chi connectivity index (χ4v) is 2.28. The van der Waals surface area contributed by atoms with Crippen LogP contribution in [0.3, 0.4) is 0 Å². The molecule has 1 rings (SSSR count). The number of carboxylic acids is 1. The van der Waals surface area contributed by atoms with Gasteiger partial charge in [0.25, 0.3) is 5.91 Å². The van der Waals surface area contributed by atoms with Crippen LogP contribution in [0.25, 0.3) is 0 Å². The van der Waals surface area contributed by atoms with Crippen LogP contribution in [0.1, 0.15) is 41.2 Å². The summed E-state index contributed by atoms with van der Waals surface area (Å²) >= 11 is 1.08. The van der Waals surface area contributed by atoms with Crippen molar-refractivity contribution in [3.05, 3.63) is 21.9 Å². The number of aliphatic hydroxyl groups is 1. The van der Waals surface area contributed by atoms with Gasteiger partial charge in [-0.05, 0) is 32.4 Å². The molecule has 1 heterocycles. The van der Waals surface area contributed by atoms with Crippen LogP contribution in [0.4, 0.5) is 0 Å². The third-order valence-corrected chi connectivity index (χ3v) is 3.60. The van der Waals surface area contributed by atoms with E-state index in [0.29, 0.717) is 4.88 Å². The van der Waals surface area contributed by atoms with Crippen LogP contribution >= 0.6 is 11.3 Å². The Morgan fingerprint density at radius 2 is 2.04 bits per heavy atom. The highest BCUT2D eigenvalue weighted by Crippen LogP contribution is 2.16. The Labute approximate surface area is 137 Å². The van der Waals surface area contributed by atoms with E-state index in [2.05, 4.69) is 17.2 Å². The molecule has 1 atom stereocenters. The molecular formula is C15H18N2O5S. The van der Waals surface area contributed by atoms with Crippen molar-refractivity contribution < 1.29 is 24.6 Å². The number of nitrogens with two attached hydrogens (primary N) is 1. The number of rotatable bonds is 6. The fourth-order valence-electron chi connectivity index (χ4n) is 1.51. The lowest BCUT2D eigenvalue weighted by Gasteiger charge is -2.12. The third-order valence-electron chi connectivity index (χ3n) is 2.60. The van der Waals surface area contributed by atoms with Gasteiger partial charge in [0.15, 0.2) is 0 Å². The molecule has 23 heavy (non-hydrogen) atoms. The Bertz CT molecular complexity index is 663. The van der Waals surface area contributed by atoms with Crippen molar-refractivity contribution in [1.82, 2.24) is 5.32 Å². The molecule has 0 radical (unpaired) electrons. The number of aliphatic carboxylic acids is 1. The van der Waals surface area contributed by atoms with Gasteiger partial charge in [-0.3, -0.25) is 9.59 Å². The molecule has 0 aliphatic carbocycles. The summed E-state index contributed by atoms with van der Waals surface area (Å²) in [5, 5.41) is 20.9. The summed E-state index contributed by atoms with van der Waals surface area (Å²) in [7, 11) is 0. The zero-order valence-corrected chi connectivity index (χ0v) is 13.6. The van der Waals surface area contributed by atoms with Crippen LogP contribution < -0.4 is 11.1 Å². The molecular weight excluding hydrogens is 320 g/mol. The van der Waals surface area contributed by atoms with Gasteiger partial charge in [0.1, 0.15) is 11.6 Å². The van der Waals surface area contributed by atoms with Gasteiger partial charge in [0, 0.05) is 6.42 Å². The van der Waals surface area contributed by atoms with E-state index in [-0.39, 0.29) is 17.7 Å². The molecule has 0 saturated heterocycles. The van der Waals surface area contributed by atoms with Crippen molar-refractivity contribution >= 4 is 29.1 Å². The number of hydrogen-bond acceptors (Lipinski definition) is 5. The van der Waals surface area contributed by atoms with E-state index in [1.54, 1.807) is 6.07 Å². The predicted molar refractivity (Wildman–Crippen MR) is 84.8 cm³/mol. The molecule has 0 unspecified atom stereocenters. The number of thiophene rings is 1. The quantitative estimate of drug-likeness (QED) is 0.555. The summed E-state index contributed by atoms with van der Waals surface area (Å²) < 4.78 is 0. The van der Waals surface area contributed by atoms with Gasteiger partial charge in [-0.25, -0.2) is 4.79 Å². The van der Waals surface area contributed by atoms with Crippen molar-refractivity contribution in [2.24, 2.45) is 5.73 Å². The Morgan fingerprint density at radius 1 is 1.39 bits per heavy atom. The maximum Gasteiger partial charge on any atom is 0.326 e. The summed E-state index contributed by atoms with van der Waals surface area (Å²) in [5.41, 5.74) is 3.83. The minimum atomic E-state index is -1.24. The number of primary amides is 1. The highest BCUT2D eigenvalue weighted by atomic mass is 32.1. The van der Waals surface area contributed by atoms with Crippen LogP contribution in [0.15, 0.2) is 12.1 Å². The van der Waals surface area contributed by atoms with Crippen molar-refractivity contribution in [2.45, 2.75) is 38.3 Å². The molecule has 8 heteroatoms. The van der Waals surface area contributed by atoms with E-state index in [4.69, 9.17) is 10.8 Å². The molecule has 2 amide bonds. The first-order chi connectivity index (χ1) is 10.6. The van der Waals surface area contributed by atoms with Crippen molar-refractivity contribution in [2.75, 3.05) is 0 Å². The summed E-state index contributed by atoms with van der Waals surface area (Å²) in [4.78, 5) is 34.7. The lowest BCUT2D eigenvalue weighted by molar-refractivity contribution is -0.139. The van der Waals surface area contributed by atoms with E-state index in [9.17, 15) is 19.5 Å². The second kappa shape index (κ2) is 7.76. The smallest absolute Gasteiger partial charge is 0.326 e. The first-order valence-electron chi connectivity index (χ1n) is 6.76. The van der Waals surface area contributed by atoms with E-state index in [1.165, 1.54) is 19.9 Å². The van der Waals surface area contributed by atoms with Crippen LogP contribution in [0.2, 0.25) is 0 Å². The Morgan fingerprint density at radius 3 is 2.57 bits per heavy atom. The van der Waals surface area contributed by atoms with E-state index >= 15 is 0 Å². The van der Waals surface area contributed by atoms with Gasteiger partial charge in [0.05, 0.1) is 9.75 Å². The molecule has 0 saturated carbocycles. The van der Waals surface area contributed by atoms with Gasteiger partial charge in [-0.2, -0.15) is 0 Å². The zero-order chi connectivity index (χ0) is 17.6.